The molecule has 2 aliphatic heterocycles. The molecular weight excluding hydrogens is 472 g/mol. The molecule has 2 aromatic rings. The van der Waals surface area contributed by atoms with Crippen molar-refractivity contribution in [2.75, 3.05) is 6.50 Å². The molecule has 3 fully saturated rings. The van der Waals surface area contributed by atoms with Crippen molar-refractivity contribution in [1.82, 2.24) is 25.0 Å². The van der Waals surface area contributed by atoms with Gasteiger partial charge in [-0.05, 0) is 57.3 Å². The van der Waals surface area contributed by atoms with Crippen molar-refractivity contribution in [3.05, 3.63) is 47.5 Å². The normalized spacial score (nSPS) is 34.6. The maximum atomic E-state index is 14.2. The Morgan fingerprint density at radius 1 is 1.19 bits per heavy atom. The van der Waals surface area contributed by atoms with E-state index in [1.807, 2.05) is 0 Å². The number of aryl methyl sites for hydroxylation is 1. The molecule has 8 heteroatoms. The van der Waals surface area contributed by atoms with E-state index in [1.54, 1.807) is 53.6 Å². The van der Waals surface area contributed by atoms with Gasteiger partial charge in [0.1, 0.15) is 11.6 Å². The molecule has 2 saturated heterocycles. The third-order valence-corrected chi connectivity index (χ3v) is 7.60. The minimum absolute atomic E-state index is 0.208. The highest BCUT2D eigenvalue weighted by Gasteiger charge is 2.42. The number of hydrogen-bond donors (Lipinski definition) is 1. The van der Waals surface area contributed by atoms with E-state index in [0.29, 0.717) is 31.2 Å². The minimum atomic E-state index is -3.63. The van der Waals surface area contributed by atoms with Gasteiger partial charge in [0.2, 0.25) is 11.8 Å². The van der Waals surface area contributed by atoms with Crippen molar-refractivity contribution < 1.29 is 27.3 Å². The lowest BCUT2D eigenvalue weighted by Crippen LogP contribution is -2.45. The van der Waals surface area contributed by atoms with Gasteiger partial charge in [0.05, 0.1) is 6.04 Å². The van der Waals surface area contributed by atoms with Crippen LogP contribution in [0.4, 0.5) is 8.78 Å². The highest BCUT2D eigenvalue weighted by molar-refractivity contribution is 5.79. The minimum Gasteiger partial charge on any atom is -0.349 e. The largest absolute Gasteiger partial charge is 0.349 e. The van der Waals surface area contributed by atoms with Gasteiger partial charge in [-0.1, -0.05) is 44.2 Å². The monoisotopic (exact) mass is 523 g/mol. The van der Waals surface area contributed by atoms with Gasteiger partial charge in [-0.25, -0.2) is 8.78 Å². The standard InChI is InChI=1S/C29H41F2N5O/c1-19(2)27-34-33-20(3)36(27)25-17-23-9-10-24(18-25)35(23)16-13-26(21-7-5-4-6-8-21)32-28(37)22-11-14-29(30,31)15-12-22/h4-8,19,22-26H,9-18H2,1-3H3,(H,32,37)/i3D3,11D2,12D2,16D2,19D. The van der Waals surface area contributed by atoms with Crippen molar-refractivity contribution in [3.63, 3.8) is 0 Å². The van der Waals surface area contributed by atoms with Gasteiger partial charge in [-0.2, -0.15) is 0 Å². The Labute approximate surface area is 233 Å². The highest BCUT2D eigenvalue weighted by Crippen LogP contribution is 2.42. The summed E-state index contributed by atoms with van der Waals surface area (Å²) >= 11 is 0. The van der Waals surface area contributed by atoms with Gasteiger partial charge in [0.25, 0.3) is 0 Å². The number of benzene rings is 1. The summed E-state index contributed by atoms with van der Waals surface area (Å²) in [5, 5.41) is 10.7. The zero-order valence-corrected chi connectivity index (χ0v) is 21.2. The molecule has 202 valence electrons. The van der Waals surface area contributed by atoms with E-state index in [-0.39, 0.29) is 36.2 Å². The molecule has 37 heavy (non-hydrogen) atoms. The zero-order chi connectivity index (χ0) is 35.0. The van der Waals surface area contributed by atoms with E-state index >= 15 is 0 Å². The molecule has 1 N–H and O–H groups in total. The number of fused-ring (bicyclic) bond motifs is 2. The van der Waals surface area contributed by atoms with E-state index in [2.05, 4.69) is 15.5 Å². The van der Waals surface area contributed by atoms with Crippen LogP contribution in [0.2, 0.25) is 0 Å². The predicted molar refractivity (Wildman–Crippen MR) is 139 cm³/mol. The van der Waals surface area contributed by atoms with Crippen molar-refractivity contribution >= 4 is 5.91 Å². The molecule has 3 atom stereocenters. The average Bonchev–Trinajstić information content (AvgIpc) is 3.47. The summed E-state index contributed by atoms with van der Waals surface area (Å²) in [6.45, 7) is -1.40. The second kappa shape index (κ2) is 10.8. The molecule has 2 bridgehead atoms. The molecule has 6 nitrogen and oxygen atoms in total. The molecule has 0 radical (unpaired) electrons. The first-order chi connectivity index (χ1) is 21.4. The number of nitrogens with zero attached hydrogens (tertiary/aromatic N) is 4. The van der Waals surface area contributed by atoms with Crippen LogP contribution < -0.4 is 5.32 Å². The van der Waals surface area contributed by atoms with Gasteiger partial charge in [0, 0.05) is 63.0 Å². The van der Waals surface area contributed by atoms with Gasteiger partial charge in [-0.3, -0.25) is 9.69 Å². The van der Waals surface area contributed by atoms with E-state index in [9.17, 15) is 16.3 Å². The first-order valence-corrected chi connectivity index (χ1v) is 12.9. The van der Waals surface area contributed by atoms with Crippen molar-refractivity contribution in [2.24, 2.45) is 5.92 Å². The lowest BCUT2D eigenvalue weighted by molar-refractivity contribution is -0.130. The molecule has 0 spiro atoms. The van der Waals surface area contributed by atoms with Crippen molar-refractivity contribution in [3.8, 4) is 0 Å². The van der Waals surface area contributed by atoms with Crippen LogP contribution in [0.5, 0.6) is 0 Å². The van der Waals surface area contributed by atoms with Gasteiger partial charge in [-0.15, -0.1) is 10.2 Å². The van der Waals surface area contributed by atoms with Crippen molar-refractivity contribution in [1.29, 1.82) is 0 Å². The van der Waals surface area contributed by atoms with Gasteiger partial charge >= 0.3 is 0 Å². The fourth-order valence-corrected chi connectivity index (χ4v) is 5.81. The Balaban J connectivity index is 1.41. The van der Waals surface area contributed by atoms with Crippen molar-refractivity contribution in [2.45, 2.75) is 114 Å². The maximum absolute atomic E-state index is 14.2. The molecule has 1 amide bonds. The predicted octanol–water partition coefficient (Wildman–Crippen LogP) is 5.95. The molecule has 3 unspecified atom stereocenters. The molecule has 3 heterocycles. The van der Waals surface area contributed by atoms with Crippen LogP contribution in [-0.2, 0) is 4.79 Å². The van der Waals surface area contributed by atoms with Gasteiger partial charge in [0.15, 0.2) is 0 Å². The van der Waals surface area contributed by atoms with E-state index in [4.69, 9.17) is 11.0 Å². The van der Waals surface area contributed by atoms with Crippen LogP contribution in [0.3, 0.4) is 0 Å². The Hall–Kier alpha value is -2.35. The maximum Gasteiger partial charge on any atom is 0.248 e. The number of amides is 1. The summed E-state index contributed by atoms with van der Waals surface area (Å²) < 4.78 is 114. The number of carbonyl (C=O) groups excluding carboxylic acids is 1. The average molecular weight is 524 g/mol. The quantitative estimate of drug-likeness (QED) is 0.464. The summed E-state index contributed by atoms with van der Waals surface area (Å²) in [6, 6.07) is 6.35. The Kier molecular flexibility index (Phi) is 4.84. The first kappa shape index (κ1) is 16.6. The fraction of sp³-hybridized carbons (Fsp3) is 0.690. The smallest absolute Gasteiger partial charge is 0.248 e. The molecule has 3 aliphatic rings. The van der Waals surface area contributed by atoms with Crippen LogP contribution in [0.25, 0.3) is 0 Å². The lowest BCUT2D eigenvalue weighted by atomic mass is 9.86. The number of aromatic nitrogens is 3. The van der Waals surface area contributed by atoms with Crippen LogP contribution in [-0.4, -0.2) is 50.1 Å². The summed E-state index contributed by atoms with van der Waals surface area (Å²) in [5.41, 5.74) is 0.489. The van der Waals surface area contributed by atoms with E-state index in [1.165, 1.54) is 0 Å². The lowest BCUT2D eigenvalue weighted by Gasteiger charge is -2.40. The topological polar surface area (TPSA) is 63.1 Å². The number of halogens is 2. The summed E-state index contributed by atoms with van der Waals surface area (Å²) in [4.78, 5) is 15.3. The summed E-state index contributed by atoms with van der Waals surface area (Å²) in [7, 11) is 0. The first-order valence-electron chi connectivity index (χ1n) is 17.9. The van der Waals surface area contributed by atoms with Gasteiger partial charge < -0.3 is 9.88 Å². The third kappa shape index (κ3) is 5.74. The number of alkyl halides is 2. The number of rotatable bonds is 8. The molecular formula is C29H41F2N5O. The highest BCUT2D eigenvalue weighted by atomic mass is 19.3. The molecule has 1 aromatic carbocycles. The second-order valence-corrected chi connectivity index (χ2v) is 10.5. The van der Waals surface area contributed by atoms with Crippen LogP contribution >= 0.6 is 0 Å². The molecule has 5 rings (SSSR count). The fourth-order valence-electron chi connectivity index (χ4n) is 5.81. The number of hydrogen-bond acceptors (Lipinski definition) is 4. The third-order valence-electron chi connectivity index (χ3n) is 7.60. The second-order valence-electron chi connectivity index (χ2n) is 10.5. The number of nitrogens with one attached hydrogen (secondary N) is 1. The molecule has 1 saturated carbocycles. The van der Waals surface area contributed by atoms with Crippen LogP contribution in [0.15, 0.2) is 30.3 Å². The summed E-state index contributed by atoms with van der Waals surface area (Å²) in [5.74, 6) is -7.98. The number of piperidine rings is 1. The van der Waals surface area contributed by atoms with E-state index in [0.717, 1.165) is 0 Å². The Bertz CT molecular complexity index is 1400. The SMILES string of the molecule is [2H]C([2H])([2H])c1nnc(C([2H])(C)C)n1C1CC2CCC(C1)N2C([2H])([2H])CC(NC(=O)C1C([2H])([2H])CC(F)(F)CC1([2H])[2H])c1ccccc1. The molecule has 1 aromatic heterocycles. The summed E-state index contributed by atoms with van der Waals surface area (Å²) in [6.07, 6.45) is -6.59. The Morgan fingerprint density at radius 2 is 1.86 bits per heavy atom. The van der Waals surface area contributed by atoms with Crippen LogP contribution in [0.1, 0.15) is 120 Å². The number of carbonyl (C=O) groups is 1. The van der Waals surface area contributed by atoms with E-state index < -0.39 is 68.6 Å². The Morgan fingerprint density at radius 3 is 2.49 bits per heavy atom. The van der Waals surface area contributed by atoms with Crippen LogP contribution in [0, 0.1) is 12.8 Å². The zero-order valence-electron chi connectivity index (χ0n) is 31.2. The molecule has 1 aliphatic carbocycles.